The molecule has 1 N–H and O–H groups in total. The Kier molecular flexibility index (Phi) is 5.58. The number of ether oxygens (including phenoxy) is 1. The van der Waals surface area contributed by atoms with E-state index in [0.717, 1.165) is 16.9 Å². The molecule has 1 aliphatic heterocycles. The first kappa shape index (κ1) is 19.3. The standard InChI is InChI=1S/C20H21N3O5/c1-3-10-28-18-7-5-4-6-17(18)22-19(24)12-16(20(22)25)21-15-11-14(23(26)27)9-8-13(15)2/h4-9,11,16,21H,3,10,12H2,1-2H3. The smallest absolute Gasteiger partial charge is 0.271 e. The van der Waals surface area contributed by atoms with Gasteiger partial charge < -0.3 is 10.1 Å². The van der Waals surface area contributed by atoms with E-state index in [-0.39, 0.29) is 18.0 Å². The topological polar surface area (TPSA) is 102 Å². The van der Waals surface area contributed by atoms with Gasteiger partial charge in [0.2, 0.25) is 5.91 Å². The zero-order valence-corrected chi connectivity index (χ0v) is 15.7. The molecule has 1 fully saturated rings. The molecule has 0 spiro atoms. The Morgan fingerprint density at radius 3 is 2.71 bits per heavy atom. The zero-order chi connectivity index (χ0) is 20.3. The number of hydrogen-bond donors (Lipinski definition) is 1. The highest BCUT2D eigenvalue weighted by molar-refractivity contribution is 6.23. The van der Waals surface area contributed by atoms with E-state index < -0.39 is 16.9 Å². The molecule has 3 rings (SSSR count). The van der Waals surface area contributed by atoms with Crippen LogP contribution in [0.25, 0.3) is 0 Å². The maximum absolute atomic E-state index is 12.9. The molecule has 2 aromatic rings. The van der Waals surface area contributed by atoms with Crippen molar-refractivity contribution >= 4 is 28.9 Å². The minimum Gasteiger partial charge on any atom is -0.491 e. The Morgan fingerprint density at radius 1 is 1.25 bits per heavy atom. The number of imide groups is 1. The maximum Gasteiger partial charge on any atom is 0.271 e. The fourth-order valence-electron chi connectivity index (χ4n) is 3.04. The summed E-state index contributed by atoms with van der Waals surface area (Å²) in [7, 11) is 0. The number of carbonyl (C=O) groups is 2. The Labute approximate surface area is 162 Å². The molecule has 0 aliphatic carbocycles. The number of nitro benzene ring substituents is 1. The number of aryl methyl sites for hydroxylation is 1. The van der Waals surface area contributed by atoms with Gasteiger partial charge in [0.1, 0.15) is 11.8 Å². The van der Waals surface area contributed by atoms with Gasteiger partial charge in [-0.2, -0.15) is 0 Å². The van der Waals surface area contributed by atoms with Crippen molar-refractivity contribution in [3.63, 3.8) is 0 Å². The summed E-state index contributed by atoms with van der Waals surface area (Å²) in [6, 6.07) is 10.5. The van der Waals surface area contributed by atoms with Gasteiger partial charge in [0.15, 0.2) is 0 Å². The lowest BCUT2D eigenvalue weighted by atomic mass is 10.1. The van der Waals surface area contributed by atoms with Crippen LogP contribution in [0, 0.1) is 17.0 Å². The molecule has 8 nitrogen and oxygen atoms in total. The first-order chi connectivity index (χ1) is 13.4. The summed E-state index contributed by atoms with van der Waals surface area (Å²) in [6.07, 6.45) is 0.759. The molecule has 1 aliphatic rings. The Hall–Kier alpha value is -3.42. The van der Waals surface area contributed by atoms with Gasteiger partial charge in [-0.25, -0.2) is 4.90 Å². The normalized spacial score (nSPS) is 16.4. The molecule has 8 heteroatoms. The van der Waals surface area contributed by atoms with E-state index in [2.05, 4.69) is 5.32 Å². The number of non-ortho nitro benzene ring substituents is 1. The first-order valence-electron chi connectivity index (χ1n) is 9.02. The summed E-state index contributed by atoms with van der Waals surface area (Å²) < 4.78 is 5.67. The lowest BCUT2D eigenvalue weighted by molar-refractivity contribution is -0.384. The number of nitro groups is 1. The molecule has 2 amide bonds. The van der Waals surface area contributed by atoms with Gasteiger partial charge in [0.05, 0.1) is 23.6 Å². The number of nitrogens with zero attached hydrogens (tertiary/aromatic N) is 2. The lowest BCUT2D eigenvalue weighted by Crippen LogP contribution is -2.35. The van der Waals surface area contributed by atoms with Crippen LogP contribution < -0.4 is 15.0 Å². The van der Waals surface area contributed by atoms with E-state index in [4.69, 9.17) is 4.74 Å². The molecular weight excluding hydrogens is 362 g/mol. The van der Waals surface area contributed by atoms with Gasteiger partial charge in [-0.3, -0.25) is 19.7 Å². The third-order valence-electron chi connectivity index (χ3n) is 4.48. The molecule has 1 saturated heterocycles. The fraction of sp³-hybridized carbons (Fsp3) is 0.300. The third-order valence-corrected chi connectivity index (χ3v) is 4.48. The second-order valence-corrected chi connectivity index (χ2v) is 6.54. The van der Waals surface area contributed by atoms with Gasteiger partial charge in [-0.15, -0.1) is 0 Å². The SMILES string of the molecule is CCCOc1ccccc1N1C(=O)CC(Nc2cc([N+](=O)[O-])ccc2C)C1=O. The number of para-hydroxylation sites is 2. The summed E-state index contributed by atoms with van der Waals surface area (Å²) in [5.74, 6) is -0.292. The third kappa shape index (κ3) is 3.80. The van der Waals surface area contributed by atoms with E-state index in [9.17, 15) is 19.7 Å². The highest BCUT2D eigenvalue weighted by Crippen LogP contribution is 2.33. The summed E-state index contributed by atoms with van der Waals surface area (Å²) >= 11 is 0. The monoisotopic (exact) mass is 383 g/mol. The van der Waals surface area contributed by atoms with Crippen molar-refractivity contribution in [1.29, 1.82) is 0 Å². The highest BCUT2D eigenvalue weighted by atomic mass is 16.6. The number of carbonyl (C=O) groups excluding carboxylic acids is 2. The summed E-state index contributed by atoms with van der Waals surface area (Å²) in [6.45, 7) is 4.22. The second kappa shape index (κ2) is 8.08. The van der Waals surface area contributed by atoms with E-state index in [1.54, 1.807) is 37.3 Å². The predicted molar refractivity (Wildman–Crippen MR) is 105 cm³/mol. The molecule has 146 valence electrons. The highest BCUT2D eigenvalue weighted by Gasteiger charge is 2.41. The summed E-state index contributed by atoms with van der Waals surface area (Å²) in [5, 5.41) is 14.0. The average molecular weight is 383 g/mol. The molecular formula is C20H21N3O5. The minimum atomic E-state index is -0.799. The van der Waals surface area contributed by atoms with Gasteiger partial charge in [-0.05, 0) is 31.0 Å². The molecule has 0 bridgehead atoms. The fourth-order valence-corrected chi connectivity index (χ4v) is 3.04. The molecule has 0 aromatic heterocycles. The number of benzene rings is 2. The van der Waals surface area contributed by atoms with Crippen LogP contribution in [-0.4, -0.2) is 29.4 Å². The van der Waals surface area contributed by atoms with Gasteiger partial charge in [0.25, 0.3) is 11.6 Å². The molecule has 1 heterocycles. The molecule has 0 radical (unpaired) electrons. The number of rotatable bonds is 7. The minimum absolute atomic E-state index is 0.0386. The number of nitrogens with one attached hydrogen (secondary N) is 1. The van der Waals surface area contributed by atoms with E-state index in [1.807, 2.05) is 6.92 Å². The quantitative estimate of drug-likeness (QED) is 0.446. The number of hydrogen-bond acceptors (Lipinski definition) is 6. The lowest BCUT2D eigenvalue weighted by Gasteiger charge is -2.19. The van der Waals surface area contributed by atoms with Crippen LogP contribution >= 0.6 is 0 Å². The molecule has 28 heavy (non-hydrogen) atoms. The molecule has 0 saturated carbocycles. The van der Waals surface area contributed by atoms with Gasteiger partial charge in [0, 0.05) is 17.8 Å². The van der Waals surface area contributed by atoms with Crippen molar-refractivity contribution in [3.05, 3.63) is 58.1 Å². The maximum atomic E-state index is 12.9. The molecule has 1 unspecified atom stereocenters. The van der Waals surface area contributed by atoms with Crippen LogP contribution in [-0.2, 0) is 9.59 Å². The van der Waals surface area contributed by atoms with Crippen molar-refractivity contribution in [2.24, 2.45) is 0 Å². The van der Waals surface area contributed by atoms with Crippen LogP contribution in [0.1, 0.15) is 25.3 Å². The van der Waals surface area contributed by atoms with Crippen LogP contribution in [0.15, 0.2) is 42.5 Å². The second-order valence-electron chi connectivity index (χ2n) is 6.54. The van der Waals surface area contributed by atoms with Crippen molar-refractivity contribution in [2.75, 3.05) is 16.8 Å². The van der Waals surface area contributed by atoms with E-state index >= 15 is 0 Å². The van der Waals surface area contributed by atoms with Crippen molar-refractivity contribution in [1.82, 2.24) is 0 Å². The number of amides is 2. The molecule has 1 atom stereocenters. The van der Waals surface area contributed by atoms with E-state index in [0.29, 0.717) is 23.7 Å². The van der Waals surface area contributed by atoms with Gasteiger partial charge in [-0.1, -0.05) is 25.1 Å². The Morgan fingerprint density at radius 2 is 2.00 bits per heavy atom. The zero-order valence-electron chi connectivity index (χ0n) is 15.7. The van der Waals surface area contributed by atoms with Crippen LogP contribution in [0.2, 0.25) is 0 Å². The van der Waals surface area contributed by atoms with Crippen LogP contribution in [0.3, 0.4) is 0 Å². The van der Waals surface area contributed by atoms with Crippen LogP contribution in [0.5, 0.6) is 5.75 Å². The van der Waals surface area contributed by atoms with E-state index in [1.165, 1.54) is 12.1 Å². The Balaban J connectivity index is 1.85. The van der Waals surface area contributed by atoms with Crippen molar-refractivity contribution in [2.45, 2.75) is 32.7 Å². The number of anilines is 2. The van der Waals surface area contributed by atoms with Crippen molar-refractivity contribution in [3.8, 4) is 5.75 Å². The Bertz CT molecular complexity index is 928. The largest absolute Gasteiger partial charge is 0.491 e. The molecule has 2 aromatic carbocycles. The average Bonchev–Trinajstić information content (AvgIpc) is 2.95. The summed E-state index contributed by atoms with van der Waals surface area (Å²) in [4.78, 5) is 37.1. The first-order valence-corrected chi connectivity index (χ1v) is 9.02. The van der Waals surface area contributed by atoms with Gasteiger partial charge >= 0.3 is 0 Å². The predicted octanol–water partition coefficient (Wildman–Crippen LogP) is 3.44. The van der Waals surface area contributed by atoms with Crippen LogP contribution in [0.4, 0.5) is 17.1 Å². The summed E-state index contributed by atoms with van der Waals surface area (Å²) in [5.41, 5.74) is 1.53. The van der Waals surface area contributed by atoms with Crippen molar-refractivity contribution < 1.29 is 19.2 Å².